The molecule has 1 aromatic rings. The monoisotopic (exact) mass is 318 g/mol. The minimum atomic E-state index is -1.31. The van der Waals surface area contributed by atoms with Crippen molar-refractivity contribution in [2.45, 2.75) is 0 Å². The molecule has 0 aliphatic rings. The predicted octanol–water partition coefficient (Wildman–Crippen LogP) is 3.64. The Kier molecular flexibility index (Phi) is 3.23. The lowest BCUT2D eigenvalue weighted by molar-refractivity contribution is 0.361. The van der Waals surface area contributed by atoms with Crippen molar-refractivity contribution in [3.63, 3.8) is 0 Å². The molecule has 0 N–H and O–H groups in total. The van der Waals surface area contributed by atoms with Crippen LogP contribution in [0.5, 0.6) is 5.75 Å². The van der Waals surface area contributed by atoms with Gasteiger partial charge in [-0.2, -0.15) is 4.39 Å². The van der Waals surface area contributed by atoms with Crippen molar-refractivity contribution in [2.24, 2.45) is 0 Å². The van der Waals surface area contributed by atoms with E-state index in [1.165, 1.54) is 0 Å². The molecule has 0 heterocycles. The lowest BCUT2D eigenvalue weighted by atomic mass is 10.3. The van der Waals surface area contributed by atoms with Crippen LogP contribution >= 0.6 is 31.9 Å². The van der Waals surface area contributed by atoms with Crippen molar-refractivity contribution >= 4 is 31.9 Å². The summed E-state index contributed by atoms with van der Waals surface area (Å²) in [7, 11) is 1.12. The van der Waals surface area contributed by atoms with E-state index in [-0.39, 0.29) is 4.47 Å². The molecular weight excluding hydrogens is 317 g/mol. The van der Waals surface area contributed by atoms with Crippen molar-refractivity contribution < 1.29 is 17.9 Å². The van der Waals surface area contributed by atoms with Gasteiger partial charge in [0.1, 0.15) is 0 Å². The SMILES string of the molecule is COc1c(F)c(F)c(Br)c(F)c1Br. The molecule has 0 bridgehead atoms. The van der Waals surface area contributed by atoms with Crippen LogP contribution in [0.4, 0.5) is 13.2 Å². The lowest BCUT2D eigenvalue weighted by Gasteiger charge is -2.07. The Morgan fingerprint density at radius 1 is 0.923 bits per heavy atom. The van der Waals surface area contributed by atoms with Crippen LogP contribution in [-0.4, -0.2) is 7.11 Å². The van der Waals surface area contributed by atoms with Gasteiger partial charge in [-0.3, -0.25) is 0 Å². The van der Waals surface area contributed by atoms with Crippen molar-refractivity contribution in [1.82, 2.24) is 0 Å². The van der Waals surface area contributed by atoms with Crippen molar-refractivity contribution in [1.29, 1.82) is 0 Å². The lowest BCUT2D eigenvalue weighted by Crippen LogP contribution is -1.98. The van der Waals surface area contributed by atoms with Crippen molar-refractivity contribution in [2.75, 3.05) is 7.11 Å². The Balaban J connectivity index is 3.56. The number of hydrogen-bond donors (Lipinski definition) is 0. The maximum Gasteiger partial charge on any atom is 0.203 e. The average molecular weight is 320 g/mol. The molecular formula is C7H3Br2F3O. The van der Waals surface area contributed by atoms with E-state index in [4.69, 9.17) is 0 Å². The number of halogens is 5. The largest absolute Gasteiger partial charge is 0.492 e. The summed E-state index contributed by atoms with van der Waals surface area (Å²) in [6.45, 7) is 0. The van der Waals surface area contributed by atoms with Gasteiger partial charge in [0.2, 0.25) is 5.82 Å². The summed E-state index contributed by atoms with van der Waals surface area (Å²) < 4.78 is 42.5. The summed E-state index contributed by atoms with van der Waals surface area (Å²) in [6, 6.07) is 0. The highest BCUT2D eigenvalue weighted by Crippen LogP contribution is 2.37. The van der Waals surface area contributed by atoms with Crippen LogP contribution in [0.2, 0.25) is 0 Å². The van der Waals surface area contributed by atoms with E-state index >= 15 is 0 Å². The molecule has 13 heavy (non-hydrogen) atoms. The first-order valence-corrected chi connectivity index (χ1v) is 4.64. The molecule has 1 nitrogen and oxygen atoms in total. The highest BCUT2D eigenvalue weighted by atomic mass is 79.9. The number of ether oxygens (including phenoxy) is 1. The van der Waals surface area contributed by atoms with Gasteiger partial charge < -0.3 is 4.74 Å². The minimum Gasteiger partial charge on any atom is -0.492 e. The van der Waals surface area contributed by atoms with Gasteiger partial charge in [-0.15, -0.1) is 0 Å². The minimum absolute atomic E-state index is 0.249. The molecule has 0 atom stereocenters. The summed E-state index contributed by atoms with van der Waals surface area (Å²) in [5.41, 5.74) is 0. The fourth-order valence-electron chi connectivity index (χ4n) is 0.764. The van der Waals surface area contributed by atoms with Crippen molar-refractivity contribution in [3.05, 3.63) is 26.4 Å². The molecule has 0 spiro atoms. The topological polar surface area (TPSA) is 9.23 Å². The zero-order valence-electron chi connectivity index (χ0n) is 6.30. The first-order valence-electron chi connectivity index (χ1n) is 3.06. The van der Waals surface area contributed by atoms with E-state index in [0.29, 0.717) is 0 Å². The third kappa shape index (κ3) is 1.69. The van der Waals surface area contributed by atoms with Crippen LogP contribution in [0.1, 0.15) is 0 Å². The number of benzene rings is 1. The number of rotatable bonds is 1. The van der Waals surface area contributed by atoms with E-state index in [1.807, 2.05) is 0 Å². The van der Waals surface area contributed by atoms with Crippen LogP contribution in [-0.2, 0) is 0 Å². The van der Waals surface area contributed by atoms with E-state index in [2.05, 4.69) is 36.6 Å². The Labute approximate surface area is 89.1 Å². The third-order valence-electron chi connectivity index (χ3n) is 1.37. The second-order valence-corrected chi connectivity index (χ2v) is 3.69. The van der Waals surface area contributed by atoms with Crippen LogP contribution in [0.3, 0.4) is 0 Å². The molecule has 0 aromatic heterocycles. The molecule has 1 aromatic carbocycles. The second-order valence-electron chi connectivity index (χ2n) is 2.10. The molecule has 0 saturated heterocycles. The van der Waals surface area contributed by atoms with Gasteiger partial charge in [-0.1, -0.05) is 0 Å². The standard InChI is InChI=1S/C7H3Br2F3O/c1-13-7-3(9)4(10)2(8)5(11)6(7)12/h1H3. The Morgan fingerprint density at radius 3 is 1.92 bits per heavy atom. The van der Waals surface area contributed by atoms with Crippen LogP contribution in [0.25, 0.3) is 0 Å². The Hall–Kier alpha value is -0.230. The second kappa shape index (κ2) is 3.88. The first kappa shape index (κ1) is 10.8. The van der Waals surface area contributed by atoms with E-state index in [0.717, 1.165) is 7.11 Å². The normalized spacial score (nSPS) is 10.3. The molecule has 0 radical (unpaired) electrons. The zero-order valence-corrected chi connectivity index (χ0v) is 9.47. The Morgan fingerprint density at radius 2 is 1.46 bits per heavy atom. The Bertz CT molecular complexity index is 325. The third-order valence-corrected chi connectivity index (χ3v) is 2.78. The van der Waals surface area contributed by atoms with Gasteiger partial charge in [0.15, 0.2) is 17.4 Å². The van der Waals surface area contributed by atoms with E-state index < -0.39 is 27.7 Å². The van der Waals surface area contributed by atoms with E-state index in [9.17, 15) is 13.2 Å². The molecule has 72 valence electrons. The zero-order chi connectivity index (χ0) is 10.2. The summed E-state index contributed by atoms with van der Waals surface area (Å²) in [5.74, 6) is -3.96. The van der Waals surface area contributed by atoms with Crippen molar-refractivity contribution in [3.8, 4) is 5.75 Å². The molecule has 0 aliphatic heterocycles. The fraction of sp³-hybridized carbons (Fsp3) is 0.143. The quantitative estimate of drug-likeness (QED) is 0.567. The van der Waals surface area contributed by atoms with Crippen LogP contribution < -0.4 is 4.74 Å². The summed E-state index contributed by atoms with van der Waals surface area (Å²) in [6.07, 6.45) is 0. The van der Waals surface area contributed by atoms with Gasteiger partial charge in [0.25, 0.3) is 0 Å². The maximum absolute atomic E-state index is 13.0. The molecule has 0 unspecified atom stereocenters. The van der Waals surface area contributed by atoms with Crippen LogP contribution in [0, 0.1) is 17.5 Å². The smallest absolute Gasteiger partial charge is 0.203 e. The van der Waals surface area contributed by atoms with Gasteiger partial charge >= 0.3 is 0 Å². The van der Waals surface area contributed by atoms with Gasteiger partial charge in [0.05, 0.1) is 16.1 Å². The average Bonchev–Trinajstić information content (AvgIpc) is 2.13. The molecule has 6 heteroatoms. The van der Waals surface area contributed by atoms with Gasteiger partial charge in [-0.05, 0) is 31.9 Å². The molecule has 0 amide bonds. The number of hydrogen-bond acceptors (Lipinski definition) is 1. The molecule has 1 rings (SSSR count). The highest BCUT2D eigenvalue weighted by molar-refractivity contribution is 9.11. The highest BCUT2D eigenvalue weighted by Gasteiger charge is 2.22. The maximum atomic E-state index is 13.0. The molecule has 0 fully saturated rings. The van der Waals surface area contributed by atoms with Gasteiger partial charge in [-0.25, -0.2) is 8.78 Å². The summed E-state index contributed by atoms with van der Waals surface area (Å²) in [5, 5.41) is 0. The first-order chi connectivity index (χ1) is 6.00. The fourth-order valence-corrected chi connectivity index (χ4v) is 1.94. The van der Waals surface area contributed by atoms with Gasteiger partial charge in [0, 0.05) is 0 Å². The van der Waals surface area contributed by atoms with E-state index in [1.54, 1.807) is 0 Å². The summed E-state index contributed by atoms with van der Waals surface area (Å²) in [4.78, 5) is 0. The number of methoxy groups -OCH3 is 1. The predicted molar refractivity (Wildman–Crippen MR) is 48.3 cm³/mol. The molecule has 0 saturated carbocycles. The van der Waals surface area contributed by atoms with Crippen LogP contribution in [0.15, 0.2) is 8.95 Å². The summed E-state index contributed by atoms with van der Waals surface area (Å²) >= 11 is 5.31. The molecule has 0 aliphatic carbocycles.